The minimum atomic E-state index is -0.480. The van der Waals surface area contributed by atoms with Crippen LogP contribution in [0.4, 0.5) is 0 Å². The molecule has 5 rings (SSSR count). The van der Waals surface area contributed by atoms with Crippen LogP contribution in [0, 0.1) is 0 Å². The predicted molar refractivity (Wildman–Crippen MR) is 142 cm³/mol. The fourth-order valence-corrected chi connectivity index (χ4v) is 4.54. The number of hydrogen-bond donors (Lipinski definition) is 1. The number of nitrogens with zero attached hydrogens (tertiary/aromatic N) is 4. The number of fused-ring (bicyclic) bond motifs is 2. The van der Waals surface area contributed by atoms with Gasteiger partial charge in [-0.2, -0.15) is 0 Å². The summed E-state index contributed by atoms with van der Waals surface area (Å²) in [6, 6.07) is 11.2. The molecule has 1 atom stereocenters. The lowest BCUT2D eigenvalue weighted by Crippen LogP contribution is -2.10. The second-order valence-electron chi connectivity index (χ2n) is 8.32. The third-order valence-corrected chi connectivity index (χ3v) is 6.38. The Balaban J connectivity index is 1.52. The number of benzene rings is 1. The van der Waals surface area contributed by atoms with E-state index >= 15 is 0 Å². The molecule has 9 heteroatoms. The Kier molecular flexibility index (Phi) is 6.56. The van der Waals surface area contributed by atoms with Gasteiger partial charge >= 0.3 is 5.97 Å². The number of carbonyl (C=O) groups excluding carboxylic acids is 1. The Morgan fingerprint density at radius 3 is 2.92 bits per heavy atom. The number of nitrogens with one attached hydrogen (secondary N) is 1. The number of H-pyrrole nitrogens is 1. The molecule has 0 radical (unpaired) electrons. The lowest BCUT2D eigenvalue weighted by molar-refractivity contribution is 0.0337. The van der Waals surface area contributed by atoms with E-state index in [1.165, 1.54) is 0 Å². The van der Waals surface area contributed by atoms with Crippen LogP contribution >= 0.6 is 15.9 Å². The summed E-state index contributed by atoms with van der Waals surface area (Å²) in [5.41, 5.74) is 4.20. The van der Waals surface area contributed by atoms with Gasteiger partial charge in [-0.25, -0.2) is 14.8 Å². The number of carbonyl (C=O) groups is 1. The topological polar surface area (TPSA) is 94.9 Å². The van der Waals surface area contributed by atoms with Crippen molar-refractivity contribution >= 4 is 44.0 Å². The van der Waals surface area contributed by atoms with Crippen LogP contribution in [-0.4, -0.2) is 37.6 Å². The lowest BCUT2D eigenvalue weighted by atomic mass is 10.1. The van der Waals surface area contributed by atoms with E-state index in [1.54, 1.807) is 44.8 Å². The molecule has 0 aliphatic carbocycles. The second kappa shape index (κ2) is 9.94. The van der Waals surface area contributed by atoms with Gasteiger partial charge in [-0.3, -0.25) is 4.98 Å². The number of aryl methyl sites for hydroxylation is 1. The molecule has 1 N–H and O–H groups in total. The molecule has 4 aromatic heterocycles. The van der Waals surface area contributed by atoms with Gasteiger partial charge in [-0.05, 0) is 65.7 Å². The van der Waals surface area contributed by atoms with Gasteiger partial charge in [-0.1, -0.05) is 6.08 Å². The highest BCUT2D eigenvalue weighted by molar-refractivity contribution is 9.10. The molecule has 1 unspecified atom stereocenters. The number of hydrogen-bond acceptors (Lipinski definition) is 6. The largest absolute Gasteiger partial charge is 0.494 e. The fourth-order valence-electron chi connectivity index (χ4n) is 4.16. The first-order valence-electron chi connectivity index (χ1n) is 11.4. The number of ether oxygens (including phenoxy) is 2. The maximum atomic E-state index is 13.0. The highest BCUT2D eigenvalue weighted by Crippen LogP contribution is 2.32. The standard InChI is InChI=1S/C27H24BrN5O3/c1-4-5-9-33-22(12-17-7-6-8-30-26(17)33)25-31-21-11-18(13-23(35-3)24(21)32-25)27(34)36-16(2)19-10-20(28)15-29-14-19/h4,6-8,10-16H,1,5,9H2,2-3H3,(H,31,32). The van der Waals surface area contributed by atoms with E-state index in [4.69, 9.17) is 14.5 Å². The van der Waals surface area contributed by atoms with Crippen LogP contribution in [0.3, 0.4) is 0 Å². The molecule has 0 saturated carbocycles. The maximum Gasteiger partial charge on any atom is 0.338 e. The van der Waals surface area contributed by atoms with Gasteiger partial charge in [0, 0.05) is 40.6 Å². The van der Waals surface area contributed by atoms with Gasteiger partial charge in [0.05, 0.1) is 23.9 Å². The molecule has 0 aliphatic rings. The van der Waals surface area contributed by atoms with Gasteiger partial charge in [0.15, 0.2) is 5.82 Å². The predicted octanol–water partition coefficient (Wildman–Crippen LogP) is 6.24. The van der Waals surface area contributed by atoms with Gasteiger partial charge in [0.25, 0.3) is 0 Å². The van der Waals surface area contributed by atoms with E-state index in [1.807, 2.05) is 24.3 Å². The van der Waals surface area contributed by atoms with Crippen LogP contribution in [0.25, 0.3) is 33.6 Å². The SMILES string of the molecule is C=CCCn1c(-c2nc3cc(C(=O)OC(C)c4cncc(Br)c4)cc(OC)c3[nH]2)cc2cccnc21. The average Bonchev–Trinajstić information content (AvgIpc) is 3.48. The monoisotopic (exact) mass is 545 g/mol. The van der Waals surface area contributed by atoms with Crippen molar-refractivity contribution in [2.75, 3.05) is 7.11 Å². The molecule has 0 bridgehead atoms. The van der Waals surface area contributed by atoms with Crippen molar-refractivity contribution in [1.29, 1.82) is 0 Å². The maximum absolute atomic E-state index is 13.0. The molecule has 0 spiro atoms. The lowest BCUT2D eigenvalue weighted by Gasteiger charge is -2.14. The first-order chi connectivity index (χ1) is 17.5. The molecule has 0 aliphatic heterocycles. The number of pyridine rings is 2. The molecule has 0 saturated heterocycles. The Hall–Kier alpha value is -3.98. The Morgan fingerprint density at radius 2 is 2.14 bits per heavy atom. The quantitative estimate of drug-likeness (QED) is 0.183. The summed E-state index contributed by atoms with van der Waals surface area (Å²) < 4.78 is 14.2. The third-order valence-electron chi connectivity index (χ3n) is 5.95. The van der Waals surface area contributed by atoms with Gasteiger partial charge in [0.2, 0.25) is 0 Å². The van der Waals surface area contributed by atoms with Crippen LogP contribution in [0.2, 0.25) is 0 Å². The van der Waals surface area contributed by atoms with Crippen molar-refractivity contribution in [3.05, 3.63) is 83.2 Å². The van der Waals surface area contributed by atoms with Gasteiger partial charge in [-0.15, -0.1) is 6.58 Å². The summed E-state index contributed by atoms with van der Waals surface area (Å²) >= 11 is 3.40. The van der Waals surface area contributed by atoms with E-state index in [2.05, 4.69) is 48.1 Å². The number of halogens is 1. The normalized spacial score (nSPS) is 12.1. The number of imidazole rings is 1. The summed E-state index contributed by atoms with van der Waals surface area (Å²) in [7, 11) is 1.56. The van der Waals surface area contributed by atoms with Crippen LogP contribution in [0.1, 0.15) is 35.4 Å². The van der Waals surface area contributed by atoms with Crippen molar-refractivity contribution in [2.45, 2.75) is 26.0 Å². The molecule has 1 aromatic carbocycles. The Bertz CT molecular complexity index is 1590. The molecular formula is C27H24BrN5O3. The van der Waals surface area contributed by atoms with Crippen LogP contribution in [0.15, 0.2) is 72.1 Å². The number of rotatable bonds is 8. The van der Waals surface area contributed by atoms with E-state index < -0.39 is 12.1 Å². The minimum Gasteiger partial charge on any atom is -0.494 e. The summed E-state index contributed by atoms with van der Waals surface area (Å²) in [6.07, 6.45) is 7.32. The number of esters is 1. The first kappa shape index (κ1) is 23.7. The van der Waals surface area contributed by atoms with Crippen molar-refractivity contribution < 1.29 is 14.3 Å². The third kappa shape index (κ3) is 4.49. The number of methoxy groups -OCH3 is 1. The second-order valence-corrected chi connectivity index (χ2v) is 9.23. The smallest absolute Gasteiger partial charge is 0.338 e. The molecule has 0 fully saturated rings. The van der Waals surface area contributed by atoms with E-state index in [9.17, 15) is 4.79 Å². The van der Waals surface area contributed by atoms with Gasteiger partial charge in [0.1, 0.15) is 23.0 Å². The van der Waals surface area contributed by atoms with Crippen LogP contribution < -0.4 is 4.74 Å². The molecule has 0 amide bonds. The highest BCUT2D eigenvalue weighted by Gasteiger charge is 2.20. The van der Waals surface area contributed by atoms with E-state index in [0.717, 1.165) is 33.2 Å². The zero-order chi connectivity index (χ0) is 25.2. The molecule has 5 aromatic rings. The van der Waals surface area contributed by atoms with Crippen molar-refractivity contribution in [3.63, 3.8) is 0 Å². The van der Waals surface area contributed by atoms with Crippen molar-refractivity contribution in [1.82, 2.24) is 24.5 Å². The highest BCUT2D eigenvalue weighted by atomic mass is 79.9. The van der Waals surface area contributed by atoms with E-state index in [-0.39, 0.29) is 0 Å². The Morgan fingerprint density at radius 1 is 1.28 bits per heavy atom. The summed E-state index contributed by atoms with van der Waals surface area (Å²) in [5, 5.41) is 1.02. The fraction of sp³-hybridized carbons (Fsp3) is 0.185. The zero-order valence-electron chi connectivity index (χ0n) is 19.9. The first-order valence-corrected chi connectivity index (χ1v) is 12.2. The molecule has 182 valence electrons. The molecular weight excluding hydrogens is 522 g/mol. The molecule has 4 heterocycles. The zero-order valence-corrected chi connectivity index (χ0v) is 21.4. The minimum absolute atomic E-state index is 0.348. The van der Waals surface area contributed by atoms with E-state index in [0.29, 0.717) is 34.7 Å². The van der Waals surface area contributed by atoms with Crippen LogP contribution in [-0.2, 0) is 11.3 Å². The summed E-state index contributed by atoms with van der Waals surface area (Å²) in [5.74, 6) is 0.683. The number of aromatic amines is 1. The number of aromatic nitrogens is 5. The average molecular weight is 546 g/mol. The Labute approximate surface area is 216 Å². The van der Waals surface area contributed by atoms with Crippen molar-refractivity contribution in [3.8, 4) is 17.3 Å². The summed E-state index contributed by atoms with van der Waals surface area (Å²) in [6.45, 7) is 6.37. The van der Waals surface area contributed by atoms with Crippen LogP contribution in [0.5, 0.6) is 5.75 Å². The molecule has 8 nitrogen and oxygen atoms in total. The van der Waals surface area contributed by atoms with Gasteiger partial charge < -0.3 is 19.0 Å². The van der Waals surface area contributed by atoms with Crippen molar-refractivity contribution in [2.24, 2.45) is 0 Å². The molecule has 36 heavy (non-hydrogen) atoms. The number of allylic oxidation sites excluding steroid dienone is 1. The summed E-state index contributed by atoms with van der Waals surface area (Å²) in [4.78, 5) is 29.9.